The van der Waals surface area contributed by atoms with Gasteiger partial charge in [-0.3, -0.25) is 0 Å². The molecule has 23 heavy (non-hydrogen) atoms. The SMILES string of the molecule is CCNC(=NCc1ccc(OC)c(O)c1)N1CCC(COC)C1. The van der Waals surface area contributed by atoms with Gasteiger partial charge in [-0.25, -0.2) is 4.99 Å². The van der Waals surface area contributed by atoms with Gasteiger partial charge in [0.1, 0.15) is 0 Å². The van der Waals surface area contributed by atoms with Gasteiger partial charge in [0.15, 0.2) is 17.5 Å². The van der Waals surface area contributed by atoms with Gasteiger partial charge in [0.2, 0.25) is 0 Å². The molecule has 1 unspecified atom stereocenters. The lowest BCUT2D eigenvalue weighted by Gasteiger charge is -2.21. The molecular weight excluding hydrogens is 294 g/mol. The number of aliphatic imine (C=N–C) groups is 1. The molecule has 0 amide bonds. The summed E-state index contributed by atoms with van der Waals surface area (Å²) in [6.07, 6.45) is 1.13. The standard InChI is InChI=1S/C17H27N3O3/c1-4-18-17(20-8-7-14(11-20)12-22-2)19-10-13-5-6-16(23-3)15(21)9-13/h5-6,9,14,21H,4,7-8,10-12H2,1-3H3,(H,18,19). The first-order chi connectivity index (χ1) is 11.2. The number of hydrogen-bond donors (Lipinski definition) is 2. The van der Waals surface area contributed by atoms with Crippen LogP contribution < -0.4 is 10.1 Å². The number of likely N-dealkylation sites (tertiary alicyclic amines) is 1. The highest BCUT2D eigenvalue weighted by molar-refractivity contribution is 5.80. The zero-order valence-corrected chi connectivity index (χ0v) is 14.2. The van der Waals surface area contributed by atoms with Gasteiger partial charge in [0.25, 0.3) is 0 Å². The lowest BCUT2D eigenvalue weighted by Crippen LogP contribution is -2.40. The number of rotatable bonds is 6. The van der Waals surface area contributed by atoms with Crippen molar-refractivity contribution in [2.45, 2.75) is 19.9 Å². The van der Waals surface area contributed by atoms with Gasteiger partial charge in [0, 0.05) is 32.7 Å². The van der Waals surface area contributed by atoms with Crippen molar-refractivity contribution in [3.63, 3.8) is 0 Å². The molecule has 0 aromatic heterocycles. The van der Waals surface area contributed by atoms with Crippen LogP contribution in [-0.2, 0) is 11.3 Å². The number of guanidine groups is 1. The maximum atomic E-state index is 9.85. The number of phenols is 1. The second-order valence-electron chi connectivity index (χ2n) is 5.73. The molecule has 0 saturated carbocycles. The monoisotopic (exact) mass is 321 g/mol. The summed E-state index contributed by atoms with van der Waals surface area (Å²) in [6.45, 7) is 6.17. The summed E-state index contributed by atoms with van der Waals surface area (Å²) in [5, 5.41) is 13.2. The van der Waals surface area contributed by atoms with Crippen LogP contribution in [0.4, 0.5) is 0 Å². The van der Waals surface area contributed by atoms with Gasteiger partial charge in [-0.15, -0.1) is 0 Å². The highest BCUT2D eigenvalue weighted by atomic mass is 16.5. The minimum atomic E-state index is 0.145. The van der Waals surface area contributed by atoms with E-state index in [1.165, 1.54) is 0 Å². The van der Waals surface area contributed by atoms with E-state index in [0.29, 0.717) is 18.2 Å². The van der Waals surface area contributed by atoms with Crippen LogP contribution in [0, 0.1) is 5.92 Å². The number of nitrogens with one attached hydrogen (secondary N) is 1. The van der Waals surface area contributed by atoms with Gasteiger partial charge in [-0.1, -0.05) is 6.07 Å². The number of benzene rings is 1. The fourth-order valence-electron chi connectivity index (χ4n) is 2.82. The highest BCUT2D eigenvalue weighted by Crippen LogP contribution is 2.26. The van der Waals surface area contributed by atoms with Crippen LogP contribution in [0.3, 0.4) is 0 Å². The Hall–Kier alpha value is -1.95. The number of phenolic OH excluding ortho intramolecular Hbond substituents is 1. The number of aromatic hydroxyl groups is 1. The highest BCUT2D eigenvalue weighted by Gasteiger charge is 2.24. The zero-order chi connectivity index (χ0) is 16.7. The Labute approximate surface area is 138 Å². The molecule has 2 N–H and O–H groups in total. The molecule has 1 heterocycles. The van der Waals surface area contributed by atoms with E-state index in [2.05, 4.69) is 17.1 Å². The van der Waals surface area contributed by atoms with Gasteiger partial charge in [-0.2, -0.15) is 0 Å². The maximum absolute atomic E-state index is 9.85. The topological polar surface area (TPSA) is 66.3 Å². The van der Waals surface area contributed by atoms with Crippen LogP contribution in [0.5, 0.6) is 11.5 Å². The molecule has 1 aliphatic heterocycles. The molecule has 0 radical (unpaired) electrons. The van der Waals surface area contributed by atoms with Gasteiger partial charge >= 0.3 is 0 Å². The maximum Gasteiger partial charge on any atom is 0.194 e. The minimum absolute atomic E-state index is 0.145. The second kappa shape index (κ2) is 8.62. The summed E-state index contributed by atoms with van der Waals surface area (Å²) in [7, 11) is 3.29. The smallest absolute Gasteiger partial charge is 0.194 e. The second-order valence-corrected chi connectivity index (χ2v) is 5.73. The van der Waals surface area contributed by atoms with Crippen molar-refractivity contribution in [3.05, 3.63) is 23.8 Å². The number of nitrogens with zero attached hydrogens (tertiary/aromatic N) is 2. The number of hydrogen-bond acceptors (Lipinski definition) is 4. The molecule has 1 saturated heterocycles. The molecule has 1 fully saturated rings. The van der Waals surface area contributed by atoms with Crippen LogP contribution in [-0.4, -0.2) is 56.4 Å². The number of ether oxygens (including phenoxy) is 2. The van der Waals surface area contributed by atoms with Crippen LogP contribution >= 0.6 is 0 Å². The summed E-state index contributed by atoms with van der Waals surface area (Å²) in [5.41, 5.74) is 0.950. The molecule has 6 heteroatoms. The first kappa shape index (κ1) is 17.4. The fourth-order valence-corrected chi connectivity index (χ4v) is 2.82. The van der Waals surface area contributed by atoms with E-state index in [-0.39, 0.29) is 5.75 Å². The molecular formula is C17H27N3O3. The molecule has 0 spiro atoms. The third-order valence-electron chi connectivity index (χ3n) is 3.98. The van der Waals surface area contributed by atoms with E-state index in [9.17, 15) is 5.11 Å². The molecule has 1 aromatic carbocycles. The fraction of sp³-hybridized carbons (Fsp3) is 0.588. The summed E-state index contributed by atoms with van der Waals surface area (Å²) in [5.74, 6) is 2.11. The summed E-state index contributed by atoms with van der Waals surface area (Å²) in [6, 6.07) is 5.38. The molecule has 1 aliphatic rings. The Morgan fingerprint density at radius 2 is 2.26 bits per heavy atom. The molecule has 128 valence electrons. The Morgan fingerprint density at radius 3 is 2.91 bits per heavy atom. The Bertz CT molecular complexity index is 534. The summed E-state index contributed by atoms with van der Waals surface area (Å²) < 4.78 is 10.3. The van der Waals surface area contributed by atoms with E-state index in [4.69, 9.17) is 14.5 Å². The molecule has 1 aromatic rings. The lowest BCUT2D eigenvalue weighted by atomic mass is 10.1. The van der Waals surface area contributed by atoms with Crippen LogP contribution in [0.2, 0.25) is 0 Å². The molecule has 2 rings (SSSR count). The predicted octanol–water partition coefficient (Wildman–Crippen LogP) is 1.83. The van der Waals surface area contributed by atoms with Gasteiger partial charge < -0.3 is 24.8 Å². The molecule has 0 aliphatic carbocycles. The first-order valence-corrected chi connectivity index (χ1v) is 8.06. The van der Waals surface area contributed by atoms with Crippen LogP contribution in [0.25, 0.3) is 0 Å². The van der Waals surface area contributed by atoms with Crippen molar-refractivity contribution in [1.82, 2.24) is 10.2 Å². The Morgan fingerprint density at radius 1 is 1.43 bits per heavy atom. The summed E-state index contributed by atoms with van der Waals surface area (Å²) in [4.78, 5) is 6.97. The van der Waals surface area contributed by atoms with Crippen LogP contribution in [0.1, 0.15) is 18.9 Å². The average molecular weight is 321 g/mol. The largest absolute Gasteiger partial charge is 0.504 e. The zero-order valence-electron chi connectivity index (χ0n) is 14.2. The van der Waals surface area contributed by atoms with Crippen molar-refractivity contribution in [2.75, 3.05) is 40.5 Å². The van der Waals surface area contributed by atoms with E-state index in [1.54, 1.807) is 26.4 Å². The van der Waals surface area contributed by atoms with Crippen molar-refractivity contribution in [3.8, 4) is 11.5 Å². The van der Waals surface area contributed by atoms with Gasteiger partial charge in [-0.05, 0) is 31.0 Å². The Kier molecular flexibility index (Phi) is 6.52. The van der Waals surface area contributed by atoms with Crippen molar-refractivity contribution in [2.24, 2.45) is 10.9 Å². The predicted molar refractivity (Wildman–Crippen MR) is 91.0 cm³/mol. The van der Waals surface area contributed by atoms with E-state index >= 15 is 0 Å². The van der Waals surface area contributed by atoms with E-state index in [0.717, 1.165) is 44.2 Å². The average Bonchev–Trinajstić information content (AvgIpc) is 3.00. The summed E-state index contributed by atoms with van der Waals surface area (Å²) >= 11 is 0. The van der Waals surface area contributed by atoms with E-state index in [1.807, 2.05) is 6.07 Å². The van der Waals surface area contributed by atoms with Gasteiger partial charge in [0.05, 0.1) is 20.3 Å². The number of methoxy groups -OCH3 is 2. The normalized spacial score (nSPS) is 18.3. The third-order valence-corrected chi connectivity index (χ3v) is 3.98. The lowest BCUT2D eigenvalue weighted by molar-refractivity contribution is 0.157. The van der Waals surface area contributed by atoms with Crippen molar-refractivity contribution in [1.29, 1.82) is 0 Å². The van der Waals surface area contributed by atoms with E-state index < -0.39 is 0 Å². The first-order valence-electron chi connectivity index (χ1n) is 8.06. The minimum Gasteiger partial charge on any atom is -0.504 e. The van der Waals surface area contributed by atoms with Crippen LogP contribution in [0.15, 0.2) is 23.2 Å². The quantitative estimate of drug-likeness (QED) is 0.618. The molecule has 0 bridgehead atoms. The molecule has 6 nitrogen and oxygen atoms in total. The van der Waals surface area contributed by atoms with Crippen molar-refractivity contribution < 1.29 is 14.6 Å². The molecule has 1 atom stereocenters. The Balaban J connectivity index is 2.03. The van der Waals surface area contributed by atoms with Crippen molar-refractivity contribution >= 4 is 5.96 Å². The third kappa shape index (κ3) is 4.76.